The Bertz CT molecular complexity index is 457. The summed E-state index contributed by atoms with van der Waals surface area (Å²) >= 11 is 0. The van der Waals surface area contributed by atoms with Crippen molar-refractivity contribution in [2.24, 2.45) is 0 Å². The first-order valence-corrected chi connectivity index (χ1v) is 6.51. The number of methoxy groups -OCH3 is 1. The van der Waals surface area contributed by atoms with Crippen molar-refractivity contribution in [2.75, 3.05) is 7.11 Å². The second kappa shape index (κ2) is 8.51. The maximum Gasteiger partial charge on any atom is 0.188 e. The molecule has 112 valence electrons. The summed E-state index contributed by atoms with van der Waals surface area (Å²) in [4.78, 5) is 10.8. The van der Waals surface area contributed by atoms with Gasteiger partial charge in [-0.3, -0.25) is 4.79 Å². The van der Waals surface area contributed by atoms with E-state index >= 15 is 0 Å². The van der Waals surface area contributed by atoms with Gasteiger partial charge in [0.15, 0.2) is 5.78 Å². The van der Waals surface area contributed by atoms with E-state index < -0.39 is 0 Å². The number of carbonyl (C=O) groups excluding carboxylic acids is 1. The van der Waals surface area contributed by atoms with Crippen LogP contribution in [0.5, 0.6) is 0 Å². The maximum atomic E-state index is 10.8. The standard InChI is InChI=1S/C10H15.C7H8O2.Ir/c1-6-7(2)9(4)10(5)8(6)3;1-9-7-5-3-2-4-6(7)8;/h1-5H3;2-5,7H,1H3;. The Labute approximate surface area is 136 Å². The van der Waals surface area contributed by atoms with Gasteiger partial charge in [-0.05, 0) is 51.0 Å². The molecule has 1 atom stereocenters. The van der Waals surface area contributed by atoms with Gasteiger partial charge in [-0.2, -0.15) is 0 Å². The van der Waals surface area contributed by atoms with Crippen LogP contribution in [0, 0.1) is 5.92 Å². The molecule has 0 aromatic heterocycles. The number of hydrogen-bond donors (Lipinski definition) is 0. The Morgan fingerprint density at radius 2 is 1.40 bits per heavy atom. The van der Waals surface area contributed by atoms with Gasteiger partial charge in [0, 0.05) is 33.1 Å². The van der Waals surface area contributed by atoms with Crippen LogP contribution < -0.4 is 0 Å². The molecule has 2 aliphatic carbocycles. The molecule has 2 aliphatic rings. The fraction of sp³-hybridized carbons (Fsp3) is 0.412. The minimum absolute atomic E-state index is 0. The molecule has 0 aromatic carbocycles. The zero-order valence-electron chi connectivity index (χ0n) is 13.0. The molecule has 20 heavy (non-hydrogen) atoms. The molecule has 0 aromatic rings. The van der Waals surface area contributed by atoms with Crippen LogP contribution in [0.2, 0.25) is 0 Å². The summed E-state index contributed by atoms with van der Waals surface area (Å²) in [6.07, 6.45) is 6.39. The average Bonchev–Trinajstić information content (AvgIpc) is 2.58. The van der Waals surface area contributed by atoms with Crippen LogP contribution in [0.1, 0.15) is 34.6 Å². The van der Waals surface area contributed by atoms with Gasteiger partial charge in [-0.25, -0.2) is 0 Å². The first kappa shape index (κ1) is 19.2. The summed E-state index contributed by atoms with van der Waals surface area (Å²) in [6, 6.07) is 0. The number of hydrogen-bond acceptors (Lipinski definition) is 2. The van der Waals surface area contributed by atoms with E-state index in [0.717, 1.165) is 0 Å². The third kappa shape index (κ3) is 4.37. The van der Waals surface area contributed by atoms with Crippen molar-refractivity contribution in [3.8, 4) is 0 Å². The van der Waals surface area contributed by atoms with E-state index in [4.69, 9.17) is 4.74 Å². The SMILES string of the molecule is COC1C=CC=CC1=O.C[C]1C(C)=C(C)C(C)=C1C.[Ir]. The van der Waals surface area contributed by atoms with Crippen LogP contribution in [0.15, 0.2) is 46.6 Å². The van der Waals surface area contributed by atoms with Crippen molar-refractivity contribution >= 4 is 5.78 Å². The smallest absolute Gasteiger partial charge is 0.188 e. The molecular formula is C17H23IrO2. The topological polar surface area (TPSA) is 26.3 Å². The molecular weight excluding hydrogens is 428 g/mol. The molecule has 0 saturated carbocycles. The van der Waals surface area contributed by atoms with Crippen LogP contribution in [0.3, 0.4) is 0 Å². The van der Waals surface area contributed by atoms with E-state index in [2.05, 4.69) is 34.6 Å². The zero-order chi connectivity index (χ0) is 14.6. The summed E-state index contributed by atoms with van der Waals surface area (Å²) in [5, 5.41) is 0. The second-order valence-electron chi connectivity index (χ2n) is 4.93. The Morgan fingerprint density at radius 3 is 1.65 bits per heavy atom. The molecule has 2 radical (unpaired) electrons. The van der Waals surface area contributed by atoms with Gasteiger partial charge in [0.2, 0.25) is 0 Å². The monoisotopic (exact) mass is 452 g/mol. The summed E-state index contributed by atoms with van der Waals surface area (Å²) < 4.78 is 4.82. The van der Waals surface area contributed by atoms with Crippen LogP contribution in [-0.4, -0.2) is 19.0 Å². The number of ketones is 1. The minimum Gasteiger partial charge on any atom is -0.369 e. The first-order chi connectivity index (χ1) is 8.90. The van der Waals surface area contributed by atoms with E-state index in [0.29, 0.717) is 0 Å². The third-order valence-corrected chi connectivity index (χ3v) is 4.00. The Morgan fingerprint density at radius 1 is 0.900 bits per heavy atom. The predicted molar refractivity (Wildman–Crippen MR) is 79.7 cm³/mol. The van der Waals surface area contributed by atoms with Crippen molar-refractivity contribution in [1.29, 1.82) is 0 Å². The number of carbonyl (C=O) groups is 1. The number of rotatable bonds is 1. The van der Waals surface area contributed by atoms with Gasteiger partial charge in [-0.1, -0.05) is 30.2 Å². The number of ether oxygens (including phenoxy) is 1. The van der Waals surface area contributed by atoms with Crippen molar-refractivity contribution in [3.05, 3.63) is 52.5 Å². The molecule has 0 bridgehead atoms. The van der Waals surface area contributed by atoms with Crippen LogP contribution >= 0.6 is 0 Å². The molecule has 1 unspecified atom stereocenters. The summed E-state index contributed by atoms with van der Waals surface area (Å²) in [7, 11) is 1.52. The molecule has 3 heteroatoms. The molecule has 0 N–H and O–H groups in total. The number of allylic oxidation sites excluding steroid dienone is 6. The van der Waals surface area contributed by atoms with E-state index in [1.54, 1.807) is 18.2 Å². The van der Waals surface area contributed by atoms with E-state index in [9.17, 15) is 4.79 Å². The molecule has 0 spiro atoms. The van der Waals surface area contributed by atoms with Gasteiger partial charge >= 0.3 is 0 Å². The van der Waals surface area contributed by atoms with E-state index in [1.165, 1.54) is 41.4 Å². The molecule has 2 nitrogen and oxygen atoms in total. The minimum atomic E-state index is -0.352. The van der Waals surface area contributed by atoms with Gasteiger partial charge in [-0.15, -0.1) is 0 Å². The maximum absolute atomic E-state index is 10.8. The summed E-state index contributed by atoms with van der Waals surface area (Å²) in [5.74, 6) is 1.48. The fourth-order valence-electron chi connectivity index (χ4n) is 2.11. The molecule has 0 fully saturated rings. The second-order valence-corrected chi connectivity index (χ2v) is 4.93. The van der Waals surface area contributed by atoms with Gasteiger partial charge in [0.05, 0.1) is 0 Å². The largest absolute Gasteiger partial charge is 0.369 e. The van der Waals surface area contributed by atoms with E-state index in [1.807, 2.05) is 0 Å². The molecule has 0 saturated heterocycles. The normalized spacial score (nSPS) is 21.9. The molecule has 2 rings (SSSR count). The first-order valence-electron chi connectivity index (χ1n) is 6.51. The fourth-order valence-corrected chi connectivity index (χ4v) is 2.11. The zero-order valence-corrected chi connectivity index (χ0v) is 15.4. The summed E-state index contributed by atoms with van der Waals surface area (Å²) in [6.45, 7) is 11.0. The van der Waals surface area contributed by atoms with Crippen LogP contribution in [0.4, 0.5) is 0 Å². The molecule has 0 heterocycles. The van der Waals surface area contributed by atoms with Crippen molar-refractivity contribution in [2.45, 2.75) is 40.7 Å². The quantitative estimate of drug-likeness (QED) is 0.603. The predicted octanol–water partition coefficient (Wildman–Crippen LogP) is 3.96. The van der Waals surface area contributed by atoms with Crippen LogP contribution in [-0.2, 0) is 29.6 Å². The van der Waals surface area contributed by atoms with Gasteiger partial charge < -0.3 is 4.74 Å². The third-order valence-electron chi connectivity index (χ3n) is 4.00. The van der Waals surface area contributed by atoms with E-state index in [-0.39, 0.29) is 32.0 Å². The van der Waals surface area contributed by atoms with Crippen molar-refractivity contribution < 1.29 is 29.6 Å². The Hall–Kier alpha value is -0.761. The average molecular weight is 452 g/mol. The molecule has 0 amide bonds. The Balaban J connectivity index is 0.000000345. The Kier molecular flexibility index (Phi) is 8.19. The van der Waals surface area contributed by atoms with Gasteiger partial charge in [0.25, 0.3) is 0 Å². The summed E-state index contributed by atoms with van der Waals surface area (Å²) in [5.41, 5.74) is 5.87. The van der Waals surface area contributed by atoms with Crippen LogP contribution in [0.25, 0.3) is 0 Å². The van der Waals surface area contributed by atoms with Crippen molar-refractivity contribution in [3.63, 3.8) is 0 Å². The van der Waals surface area contributed by atoms with Crippen molar-refractivity contribution in [1.82, 2.24) is 0 Å². The molecule has 0 aliphatic heterocycles. The van der Waals surface area contributed by atoms with Gasteiger partial charge in [0.1, 0.15) is 6.10 Å².